The van der Waals surface area contributed by atoms with Gasteiger partial charge < -0.3 is 20.8 Å². The molecule has 152 valence electrons. The van der Waals surface area contributed by atoms with Gasteiger partial charge in [-0.3, -0.25) is 4.79 Å². The fraction of sp³-hybridized carbons (Fsp3) is 0.318. The van der Waals surface area contributed by atoms with Gasteiger partial charge in [-0.15, -0.1) is 11.8 Å². The molecule has 0 aliphatic heterocycles. The van der Waals surface area contributed by atoms with Crippen molar-refractivity contribution in [1.82, 2.24) is 4.57 Å². The van der Waals surface area contributed by atoms with E-state index < -0.39 is 0 Å². The smallest absolute Gasteiger partial charge is 0.165 e. The van der Waals surface area contributed by atoms with Gasteiger partial charge in [0.1, 0.15) is 12.1 Å². The molecule has 0 saturated carbocycles. The Morgan fingerprint density at radius 2 is 2.10 bits per heavy atom. The minimum atomic E-state index is -0.116. The van der Waals surface area contributed by atoms with E-state index in [1.807, 2.05) is 29.8 Å². The summed E-state index contributed by atoms with van der Waals surface area (Å²) in [5.41, 5.74) is 17.0. The Hall–Kier alpha value is -2.80. The number of aldehydes is 1. The molecule has 0 unspecified atom stereocenters. The molecule has 3 rings (SSSR count). The van der Waals surface area contributed by atoms with E-state index in [4.69, 9.17) is 11.5 Å². The lowest BCUT2D eigenvalue weighted by Crippen LogP contribution is -2.28. The highest BCUT2D eigenvalue weighted by Gasteiger charge is 2.35. The van der Waals surface area contributed by atoms with Crippen LogP contribution < -0.4 is 11.5 Å². The Bertz CT molecular complexity index is 1030. The molecule has 0 fully saturated rings. The van der Waals surface area contributed by atoms with Gasteiger partial charge in [-0.25, -0.2) is 4.99 Å². The second-order valence-electron chi connectivity index (χ2n) is 7.99. The molecule has 0 saturated heterocycles. The van der Waals surface area contributed by atoms with Crippen molar-refractivity contribution in [3.63, 3.8) is 0 Å². The lowest BCUT2D eigenvalue weighted by atomic mass is 9.75. The number of aromatic nitrogens is 1. The number of Topliss-reactive ketones (excluding diaryl/α,β-unsaturated/α-hetero) is 1. The van der Waals surface area contributed by atoms with Gasteiger partial charge in [-0.2, -0.15) is 0 Å². The Morgan fingerprint density at radius 1 is 1.38 bits per heavy atom. The highest BCUT2D eigenvalue weighted by atomic mass is 32.2. The summed E-state index contributed by atoms with van der Waals surface area (Å²) in [6.07, 6.45) is 5.49. The molecule has 0 bridgehead atoms. The number of ketones is 1. The number of nitrogens with zero attached hydrogens (tertiary/aromatic N) is 2. The van der Waals surface area contributed by atoms with Crippen LogP contribution in [0.1, 0.15) is 47.4 Å². The molecule has 0 radical (unpaired) electrons. The third-order valence-corrected chi connectivity index (χ3v) is 6.12. The van der Waals surface area contributed by atoms with Crippen molar-refractivity contribution in [2.24, 2.45) is 16.1 Å². The predicted molar refractivity (Wildman–Crippen MR) is 119 cm³/mol. The molecular formula is C22H26N4O2S. The third kappa shape index (κ3) is 3.87. The summed E-state index contributed by atoms with van der Waals surface area (Å²) in [5.74, 6) is 0.687. The van der Waals surface area contributed by atoms with Crippen LogP contribution in [0.2, 0.25) is 0 Å². The first-order valence-corrected chi connectivity index (χ1v) is 10.4. The molecular weight excluding hydrogens is 384 g/mol. The number of fused-ring (bicyclic) bond motifs is 1. The normalized spacial score (nSPS) is 15.8. The zero-order chi connectivity index (χ0) is 21.3. The molecule has 7 heteroatoms. The quantitative estimate of drug-likeness (QED) is 0.249. The van der Waals surface area contributed by atoms with Crippen LogP contribution in [-0.2, 0) is 11.2 Å². The average Bonchev–Trinajstić information content (AvgIpc) is 2.95. The molecule has 1 aliphatic rings. The van der Waals surface area contributed by atoms with Crippen molar-refractivity contribution >= 4 is 35.4 Å². The van der Waals surface area contributed by atoms with E-state index in [0.29, 0.717) is 17.7 Å². The molecule has 1 aliphatic carbocycles. The van der Waals surface area contributed by atoms with Gasteiger partial charge in [0.15, 0.2) is 5.78 Å². The number of benzene rings is 1. The van der Waals surface area contributed by atoms with Crippen LogP contribution in [0.4, 0.5) is 5.69 Å². The average molecular weight is 411 g/mol. The maximum absolute atomic E-state index is 12.8. The number of aliphatic imine (C=N–C) groups is 1. The van der Waals surface area contributed by atoms with E-state index in [0.717, 1.165) is 40.1 Å². The molecule has 29 heavy (non-hydrogen) atoms. The standard InChI is InChI=1S/C22H26N4O2S/c1-5-25-21(24)14-6-7-15(20(19(14)23)29-9-8-27)26-12-13(2)18-16(26)10-22(3,4)11-17(18)28/h5-8,12H,1,9-11,23H2,2-4H3,(H2,24,25). The van der Waals surface area contributed by atoms with E-state index in [9.17, 15) is 9.59 Å². The van der Waals surface area contributed by atoms with Crippen LogP contribution in [-0.4, -0.2) is 28.2 Å². The van der Waals surface area contributed by atoms with E-state index in [1.165, 1.54) is 18.0 Å². The third-order valence-electron chi connectivity index (χ3n) is 5.10. The molecule has 0 spiro atoms. The second kappa shape index (κ2) is 7.91. The number of amidine groups is 1. The van der Waals surface area contributed by atoms with E-state index in [-0.39, 0.29) is 22.8 Å². The van der Waals surface area contributed by atoms with Crippen molar-refractivity contribution < 1.29 is 9.59 Å². The summed E-state index contributed by atoms with van der Waals surface area (Å²) >= 11 is 1.34. The summed E-state index contributed by atoms with van der Waals surface area (Å²) < 4.78 is 2.04. The van der Waals surface area contributed by atoms with E-state index in [1.54, 1.807) is 0 Å². The van der Waals surface area contributed by atoms with E-state index in [2.05, 4.69) is 25.4 Å². The number of nitrogen functional groups attached to an aromatic ring is 1. The summed E-state index contributed by atoms with van der Waals surface area (Å²) in [5, 5.41) is 0. The lowest BCUT2D eigenvalue weighted by Gasteiger charge is -2.30. The SMILES string of the molecule is C=C/N=C(/N)c1ccc(-n2cc(C)c3c2CC(C)(C)CC3=O)c(SCC=O)c1N. The molecule has 1 aromatic heterocycles. The zero-order valence-electron chi connectivity index (χ0n) is 17.0. The van der Waals surface area contributed by atoms with Crippen LogP contribution in [0.5, 0.6) is 0 Å². The number of rotatable bonds is 6. The van der Waals surface area contributed by atoms with Crippen molar-refractivity contribution in [3.8, 4) is 5.69 Å². The highest BCUT2D eigenvalue weighted by molar-refractivity contribution is 8.00. The van der Waals surface area contributed by atoms with E-state index >= 15 is 0 Å². The number of nitrogens with two attached hydrogens (primary N) is 2. The van der Waals surface area contributed by atoms with Crippen LogP contribution in [0.3, 0.4) is 0 Å². The first kappa shape index (κ1) is 20.9. The van der Waals surface area contributed by atoms with Gasteiger partial charge >= 0.3 is 0 Å². The van der Waals surface area contributed by atoms with Crippen molar-refractivity contribution in [2.75, 3.05) is 11.5 Å². The number of anilines is 1. The molecule has 0 amide bonds. The largest absolute Gasteiger partial charge is 0.397 e. The predicted octanol–water partition coefficient (Wildman–Crippen LogP) is 3.66. The second-order valence-corrected chi connectivity index (χ2v) is 9.02. The molecule has 1 aromatic carbocycles. The fourth-order valence-corrected chi connectivity index (χ4v) is 4.74. The van der Waals surface area contributed by atoms with Crippen LogP contribution in [0.25, 0.3) is 5.69 Å². The minimum absolute atomic E-state index is 0.116. The summed E-state index contributed by atoms with van der Waals surface area (Å²) in [4.78, 5) is 28.6. The maximum atomic E-state index is 12.8. The summed E-state index contributed by atoms with van der Waals surface area (Å²) in [6.45, 7) is 9.73. The Morgan fingerprint density at radius 3 is 2.76 bits per heavy atom. The number of carbonyl (C=O) groups excluding carboxylic acids is 2. The number of hydrogen-bond donors (Lipinski definition) is 2. The summed E-state index contributed by atoms with van der Waals surface area (Å²) in [7, 11) is 0. The number of thioether (sulfide) groups is 1. The van der Waals surface area contributed by atoms with Gasteiger partial charge in [0, 0.05) is 35.6 Å². The van der Waals surface area contributed by atoms with Crippen LogP contribution in [0.15, 0.2) is 41.0 Å². The molecule has 0 atom stereocenters. The summed E-state index contributed by atoms with van der Waals surface area (Å²) in [6, 6.07) is 3.73. The number of hydrogen-bond acceptors (Lipinski definition) is 5. The van der Waals surface area contributed by atoms with Gasteiger partial charge in [0.05, 0.1) is 22.0 Å². The molecule has 2 aromatic rings. The van der Waals surface area contributed by atoms with Gasteiger partial charge in [0.25, 0.3) is 0 Å². The number of aryl methyl sites for hydroxylation is 1. The highest BCUT2D eigenvalue weighted by Crippen LogP contribution is 2.41. The molecule has 4 N–H and O–H groups in total. The molecule has 6 nitrogen and oxygen atoms in total. The lowest BCUT2D eigenvalue weighted by molar-refractivity contribution is -0.105. The first-order chi connectivity index (χ1) is 13.7. The van der Waals surface area contributed by atoms with Crippen molar-refractivity contribution in [2.45, 2.75) is 38.5 Å². The van der Waals surface area contributed by atoms with Gasteiger partial charge in [0.2, 0.25) is 0 Å². The first-order valence-electron chi connectivity index (χ1n) is 9.38. The van der Waals surface area contributed by atoms with Crippen molar-refractivity contribution in [3.05, 3.63) is 53.5 Å². The van der Waals surface area contributed by atoms with Gasteiger partial charge in [-0.05, 0) is 36.5 Å². The monoisotopic (exact) mass is 410 g/mol. The zero-order valence-corrected chi connectivity index (χ0v) is 17.8. The van der Waals surface area contributed by atoms with Crippen LogP contribution >= 0.6 is 11.8 Å². The number of carbonyl (C=O) groups is 2. The van der Waals surface area contributed by atoms with Crippen molar-refractivity contribution in [1.29, 1.82) is 0 Å². The fourth-order valence-electron chi connectivity index (χ4n) is 3.93. The Kier molecular flexibility index (Phi) is 5.71. The Balaban J connectivity index is 2.24. The minimum Gasteiger partial charge on any atom is -0.397 e. The van der Waals surface area contributed by atoms with Gasteiger partial charge in [-0.1, -0.05) is 20.4 Å². The molecule has 1 heterocycles. The Labute approximate surface area is 175 Å². The van der Waals surface area contributed by atoms with Crippen LogP contribution in [0, 0.1) is 12.3 Å². The topological polar surface area (TPSA) is 103 Å². The maximum Gasteiger partial charge on any atom is 0.165 e.